The van der Waals surface area contributed by atoms with Crippen LogP contribution in [-0.4, -0.2) is 35.6 Å². The van der Waals surface area contributed by atoms with E-state index in [0.717, 1.165) is 5.56 Å². The quantitative estimate of drug-likeness (QED) is 0.598. The highest BCUT2D eigenvalue weighted by atomic mass is 32.2. The van der Waals surface area contributed by atoms with Crippen molar-refractivity contribution in [3.8, 4) is 0 Å². The number of hydrogen-bond acceptors (Lipinski definition) is 6. The van der Waals surface area contributed by atoms with Crippen LogP contribution in [0.15, 0.2) is 50.3 Å². The van der Waals surface area contributed by atoms with Crippen molar-refractivity contribution in [1.29, 1.82) is 0 Å². The minimum absolute atomic E-state index is 0.227. The van der Waals surface area contributed by atoms with E-state index in [9.17, 15) is 22.4 Å². The number of H-pyrrole nitrogens is 1. The van der Waals surface area contributed by atoms with Crippen LogP contribution in [0, 0.1) is 19.7 Å². The fraction of sp³-hybridized carbons (Fsp3) is 0.300. The topological polar surface area (TPSA) is 147 Å². The predicted molar refractivity (Wildman–Crippen MR) is 113 cm³/mol. The van der Waals surface area contributed by atoms with Gasteiger partial charge in [0.1, 0.15) is 17.1 Å². The molecule has 2 amide bonds. The van der Waals surface area contributed by atoms with Gasteiger partial charge in [-0.15, -0.1) is 5.10 Å². The number of nitrogens with one attached hydrogen (secondary N) is 3. The van der Waals surface area contributed by atoms with E-state index in [1.807, 2.05) is 6.92 Å². The van der Waals surface area contributed by atoms with Crippen LogP contribution in [0.25, 0.3) is 0 Å². The standard InChI is InChI=1S/C20H20FN5O5S/c1-9-4-6-13(21)16(10(9)2)11(3)17(18-24-25-20(28)31-18)26-32(29,30)12-5-7-14-15(8-12)23-19(27)22-14/h4-8,11-12,17,26H,1-3H3,(H,23,27)(H,25,28)/t11-,12?,17+/m1/s1. The van der Waals surface area contributed by atoms with Crippen LogP contribution in [0.5, 0.6) is 0 Å². The first-order valence-corrected chi connectivity index (χ1v) is 11.2. The molecule has 3 atom stereocenters. The Morgan fingerprint density at radius 2 is 2.00 bits per heavy atom. The molecular formula is C20H20FN5O5S. The molecule has 12 heteroatoms. The molecule has 4 rings (SSSR count). The summed E-state index contributed by atoms with van der Waals surface area (Å²) in [5.74, 6) is -2.39. The van der Waals surface area contributed by atoms with Crippen molar-refractivity contribution < 1.29 is 22.0 Å². The Balaban J connectivity index is 1.72. The minimum Gasteiger partial charge on any atom is -0.391 e. The normalized spacial score (nSPS) is 19.8. The zero-order chi connectivity index (χ0) is 23.2. The zero-order valence-electron chi connectivity index (χ0n) is 17.3. The molecule has 168 valence electrons. The number of allylic oxidation sites excluding steroid dienone is 1. The third-order valence-corrected chi connectivity index (χ3v) is 7.16. The Hall–Kier alpha value is -3.38. The lowest BCUT2D eigenvalue weighted by Crippen LogP contribution is -2.39. The van der Waals surface area contributed by atoms with Gasteiger partial charge in [-0.3, -0.25) is 0 Å². The summed E-state index contributed by atoms with van der Waals surface area (Å²) in [4.78, 5) is 26.7. The Labute approximate surface area is 182 Å². The van der Waals surface area contributed by atoms with Gasteiger partial charge < -0.3 is 9.73 Å². The second-order valence-corrected chi connectivity index (χ2v) is 9.48. The van der Waals surface area contributed by atoms with Crippen molar-refractivity contribution in [2.24, 2.45) is 4.99 Å². The Bertz CT molecular complexity index is 1350. The van der Waals surface area contributed by atoms with E-state index in [-0.39, 0.29) is 17.2 Å². The molecule has 3 N–H and O–H groups in total. The lowest BCUT2D eigenvalue weighted by atomic mass is 9.88. The highest BCUT2D eigenvalue weighted by molar-refractivity contribution is 7.90. The van der Waals surface area contributed by atoms with Crippen molar-refractivity contribution in [3.63, 3.8) is 0 Å². The third kappa shape index (κ3) is 3.94. The molecule has 1 aliphatic carbocycles. The van der Waals surface area contributed by atoms with Crippen LogP contribution >= 0.6 is 0 Å². The molecule has 0 spiro atoms. The Morgan fingerprint density at radius 3 is 2.69 bits per heavy atom. The van der Waals surface area contributed by atoms with Gasteiger partial charge in [-0.2, -0.15) is 4.99 Å². The van der Waals surface area contributed by atoms with E-state index in [2.05, 4.69) is 25.2 Å². The fourth-order valence-electron chi connectivity index (χ4n) is 3.76. The second kappa shape index (κ2) is 7.95. The molecule has 0 saturated carbocycles. The number of hydrogen-bond donors (Lipinski definition) is 3. The lowest BCUT2D eigenvalue weighted by Gasteiger charge is -2.26. The lowest BCUT2D eigenvalue weighted by molar-refractivity contribution is 0.253. The highest BCUT2D eigenvalue weighted by Crippen LogP contribution is 2.35. The summed E-state index contributed by atoms with van der Waals surface area (Å²) in [6, 6.07) is 1.16. The van der Waals surface area contributed by atoms with Crippen LogP contribution in [0.4, 0.5) is 9.18 Å². The number of amides is 2. The number of halogens is 1. The number of benzene rings is 1. The molecule has 0 bridgehead atoms. The Kier molecular flexibility index (Phi) is 5.42. The van der Waals surface area contributed by atoms with Gasteiger partial charge in [0.2, 0.25) is 15.9 Å². The van der Waals surface area contributed by atoms with Gasteiger partial charge in [0, 0.05) is 5.92 Å². The first-order valence-electron chi connectivity index (χ1n) is 9.69. The van der Waals surface area contributed by atoms with Crippen molar-refractivity contribution in [3.05, 3.63) is 75.0 Å². The summed E-state index contributed by atoms with van der Waals surface area (Å²) >= 11 is 0. The molecule has 32 heavy (non-hydrogen) atoms. The molecule has 10 nitrogen and oxygen atoms in total. The average molecular weight is 461 g/mol. The van der Waals surface area contributed by atoms with E-state index in [1.165, 1.54) is 24.3 Å². The maximum Gasteiger partial charge on any atom is 0.434 e. The summed E-state index contributed by atoms with van der Waals surface area (Å²) in [6.07, 6.45) is 4.13. The summed E-state index contributed by atoms with van der Waals surface area (Å²) < 4.78 is 48.7. The number of rotatable bonds is 6. The maximum atomic E-state index is 14.8. The molecule has 1 aromatic heterocycles. The molecule has 0 radical (unpaired) electrons. The molecule has 2 aromatic rings. The van der Waals surface area contributed by atoms with Crippen LogP contribution in [0.3, 0.4) is 0 Å². The van der Waals surface area contributed by atoms with Gasteiger partial charge in [-0.1, -0.05) is 19.1 Å². The summed E-state index contributed by atoms with van der Waals surface area (Å²) in [5, 5.41) is 7.19. The largest absolute Gasteiger partial charge is 0.434 e. The van der Waals surface area contributed by atoms with Crippen molar-refractivity contribution in [2.75, 3.05) is 0 Å². The molecule has 1 unspecified atom stereocenters. The van der Waals surface area contributed by atoms with E-state index < -0.39 is 44.8 Å². The highest BCUT2D eigenvalue weighted by Gasteiger charge is 2.36. The van der Waals surface area contributed by atoms with Gasteiger partial charge in [0.15, 0.2) is 0 Å². The molecular weight excluding hydrogens is 441 g/mol. The maximum absolute atomic E-state index is 14.8. The summed E-state index contributed by atoms with van der Waals surface area (Å²) in [5.41, 5.74) is 2.36. The van der Waals surface area contributed by atoms with Gasteiger partial charge in [-0.05, 0) is 48.8 Å². The van der Waals surface area contributed by atoms with Gasteiger partial charge >= 0.3 is 11.8 Å². The number of aromatic amines is 1. The second-order valence-electron chi connectivity index (χ2n) is 7.61. The first kappa shape index (κ1) is 21.8. The number of fused-ring (bicyclic) bond motifs is 1. The molecule has 0 fully saturated rings. The Morgan fingerprint density at radius 1 is 1.25 bits per heavy atom. The van der Waals surface area contributed by atoms with Gasteiger partial charge in [0.25, 0.3) is 0 Å². The minimum atomic E-state index is -4.12. The van der Waals surface area contributed by atoms with Gasteiger partial charge in [0.05, 0.1) is 11.4 Å². The van der Waals surface area contributed by atoms with Crippen LogP contribution in [0.1, 0.15) is 41.5 Å². The number of sulfonamides is 1. The van der Waals surface area contributed by atoms with E-state index >= 15 is 0 Å². The zero-order valence-corrected chi connectivity index (χ0v) is 18.2. The monoisotopic (exact) mass is 461 g/mol. The molecule has 0 saturated heterocycles. The summed E-state index contributed by atoms with van der Waals surface area (Å²) in [7, 11) is -4.12. The van der Waals surface area contributed by atoms with Crippen LogP contribution < -0.4 is 15.8 Å². The SMILES string of the molecule is Cc1ccc(F)c([C@@H](C)[C@H](NS(=O)(=O)C2C=CC3=NC(=O)NC3=C2)c2n[nH]c(=O)o2)c1C. The first-order chi connectivity index (χ1) is 15.1. The van der Waals surface area contributed by atoms with E-state index in [1.54, 1.807) is 19.9 Å². The van der Waals surface area contributed by atoms with Crippen molar-refractivity contribution >= 4 is 21.8 Å². The van der Waals surface area contributed by atoms with Crippen LogP contribution in [0.2, 0.25) is 0 Å². The smallest absolute Gasteiger partial charge is 0.391 e. The molecule has 1 aromatic carbocycles. The number of aliphatic imine (C=N–C) groups is 1. The fourth-order valence-corrected chi connectivity index (χ4v) is 5.17. The number of nitrogens with zero attached hydrogens (tertiary/aromatic N) is 2. The third-order valence-electron chi connectivity index (χ3n) is 5.57. The van der Waals surface area contributed by atoms with Gasteiger partial charge in [-0.25, -0.2) is 32.2 Å². The van der Waals surface area contributed by atoms with Crippen LogP contribution in [-0.2, 0) is 10.0 Å². The van der Waals surface area contributed by atoms with Crippen molar-refractivity contribution in [2.45, 2.75) is 38.0 Å². The average Bonchev–Trinajstić information content (AvgIpc) is 3.33. The number of carbonyl (C=O) groups excluding carboxylic acids is 1. The summed E-state index contributed by atoms with van der Waals surface area (Å²) in [6.45, 7) is 5.16. The van der Waals surface area contributed by atoms with Crippen molar-refractivity contribution in [1.82, 2.24) is 20.2 Å². The predicted octanol–water partition coefficient (Wildman–Crippen LogP) is 1.87. The molecule has 2 aliphatic rings. The number of urea groups is 1. The number of aromatic nitrogens is 2. The molecule has 1 aliphatic heterocycles. The van der Waals surface area contributed by atoms with E-state index in [0.29, 0.717) is 11.3 Å². The number of aryl methyl sites for hydroxylation is 1. The molecule has 2 heterocycles. The van der Waals surface area contributed by atoms with E-state index in [4.69, 9.17) is 4.42 Å². The number of carbonyl (C=O) groups is 1.